The van der Waals surface area contributed by atoms with E-state index < -0.39 is 17.2 Å². The van der Waals surface area contributed by atoms with Crippen LogP contribution in [-0.2, 0) is 6.54 Å². The lowest BCUT2D eigenvalue weighted by Gasteiger charge is -2.09. The third-order valence-corrected chi connectivity index (χ3v) is 4.85. The van der Waals surface area contributed by atoms with Crippen molar-refractivity contribution in [1.29, 1.82) is 0 Å². The Bertz CT molecular complexity index is 1050. The van der Waals surface area contributed by atoms with E-state index in [1.165, 1.54) is 11.3 Å². The van der Waals surface area contributed by atoms with Gasteiger partial charge in [-0.3, -0.25) is 14.2 Å². The zero-order valence-electron chi connectivity index (χ0n) is 15.8. The number of hydrogen-bond acceptors (Lipinski definition) is 6. The summed E-state index contributed by atoms with van der Waals surface area (Å²) in [5, 5.41) is 4.48. The number of carbonyl (C=O) groups is 1. The number of aromatic nitrogens is 2. The van der Waals surface area contributed by atoms with E-state index in [-0.39, 0.29) is 25.3 Å². The van der Waals surface area contributed by atoms with Gasteiger partial charge in [0.25, 0.3) is 11.5 Å². The molecule has 152 valence electrons. The zero-order valence-corrected chi connectivity index (χ0v) is 16.7. The van der Waals surface area contributed by atoms with Crippen LogP contribution in [0, 0.1) is 0 Å². The first-order valence-corrected chi connectivity index (χ1v) is 9.95. The fourth-order valence-electron chi connectivity index (χ4n) is 2.60. The maximum atomic E-state index is 12.5. The van der Waals surface area contributed by atoms with Gasteiger partial charge in [-0.15, -0.1) is 11.3 Å². The molecule has 9 heteroatoms. The predicted octanol–water partition coefficient (Wildman–Crippen LogP) is 1.85. The van der Waals surface area contributed by atoms with Gasteiger partial charge in [0, 0.05) is 11.1 Å². The second-order valence-electron chi connectivity index (χ2n) is 5.99. The predicted molar refractivity (Wildman–Crippen MR) is 110 cm³/mol. The number of H-pyrrole nitrogens is 1. The van der Waals surface area contributed by atoms with Crippen LogP contribution in [-0.4, -0.2) is 35.2 Å². The van der Waals surface area contributed by atoms with Crippen molar-refractivity contribution in [3.8, 4) is 11.5 Å². The highest BCUT2D eigenvalue weighted by Crippen LogP contribution is 2.17. The Morgan fingerprint density at radius 1 is 1.14 bits per heavy atom. The summed E-state index contributed by atoms with van der Waals surface area (Å²) in [4.78, 5) is 40.1. The van der Waals surface area contributed by atoms with Crippen molar-refractivity contribution in [3.05, 3.63) is 79.3 Å². The van der Waals surface area contributed by atoms with Crippen LogP contribution in [0.15, 0.2) is 57.6 Å². The SMILES string of the molecule is CCOc1ccc(OCCNC(=O)c2c[nH]c(=O)n(Cc3cccs3)c2=O)cc1. The molecule has 29 heavy (non-hydrogen) atoms. The van der Waals surface area contributed by atoms with E-state index in [2.05, 4.69) is 10.3 Å². The summed E-state index contributed by atoms with van der Waals surface area (Å²) < 4.78 is 11.9. The Labute approximate surface area is 170 Å². The lowest BCUT2D eigenvalue weighted by Crippen LogP contribution is -2.41. The molecule has 0 spiro atoms. The first-order chi connectivity index (χ1) is 14.1. The van der Waals surface area contributed by atoms with Crippen molar-refractivity contribution >= 4 is 17.2 Å². The molecule has 0 fully saturated rings. The van der Waals surface area contributed by atoms with Crippen molar-refractivity contribution in [2.45, 2.75) is 13.5 Å². The number of benzene rings is 1. The van der Waals surface area contributed by atoms with Gasteiger partial charge in [-0.2, -0.15) is 0 Å². The summed E-state index contributed by atoms with van der Waals surface area (Å²) in [5.74, 6) is 0.830. The molecule has 3 aromatic rings. The minimum absolute atomic E-state index is 0.119. The van der Waals surface area contributed by atoms with Crippen molar-refractivity contribution in [2.75, 3.05) is 19.8 Å². The van der Waals surface area contributed by atoms with Crippen LogP contribution in [0.3, 0.4) is 0 Å². The Morgan fingerprint density at radius 2 is 1.86 bits per heavy atom. The minimum Gasteiger partial charge on any atom is -0.494 e. The number of nitrogens with zero attached hydrogens (tertiary/aromatic N) is 1. The molecule has 0 aliphatic heterocycles. The third-order valence-electron chi connectivity index (χ3n) is 3.99. The molecule has 2 heterocycles. The molecular weight excluding hydrogens is 394 g/mol. The van der Waals surface area contributed by atoms with Crippen LogP contribution >= 0.6 is 11.3 Å². The van der Waals surface area contributed by atoms with Crippen LogP contribution in [0.4, 0.5) is 0 Å². The van der Waals surface area contributed by atoms with Crippen LogP contribution in [0.25, 0.3) is 0 Å². The second kappa shape index (κ2) is 9.74. The van der Waals surface area contributed by atoms with Crippen LogP contribution in [0.5, 0.6) is 11.5 Å². The molecule has 0 unspecified atom stereocenters. The lowest BCUT2D eigenvalue weighted by molar-refractivity contribution is 0.0944. The molecule has 0 aliphatic carbocycles. The van der Waals surface area contributed by atoms with Crippen LogP contribution < -0.4 is 26.0 Å². The molecule has 0 atom stereocenters. The first-order valence-electron chi connectivity index (χ1n) is 9.07. The lowest BCUT2D eigenvalue weighted by atomic mass is 10.3. The molecular formula is C20H21N3O5S. The number of hydrogen-bond donors (Lipinski definition) is 2. The van der Waals surface area contributed by atoms with Gasteiger partial charge in [0.15, 0.2) is 0 Å². The number of thiophene rings is 1. The molecule has 0 radical (unpaired) electrons. The van der Waals surface area contributed by atoms with E-state index in [1.54, 1.807) is 24.3 Å². The number of rotatable bonds is 9. The van der Waals surface area contributed by atoms with Crippen molar-refractivity contribution < 1.29 is 14.3 Å². The summed E-state index contributed by atoms with van der Waals surface area (Å²) in [6.45, 7) is 3.05. The summed E-state index contributed by atoms with van der Waals surface area (Å²) in [6.07, 6.45) is 1.14. The highest BCUT2D eigenvalue weighted by Gasteiger charge is 2.15. The molecule has 2 N–H and O–H groups in total. The number of amides is 1. The number of aromatic amines is 1. The summed E-state index contributed by atoms with van der Waals surface area (Å²) in [5.41, 5.74) is -1.31. The Morgan fingerprint density at radius 3 is 2.52 bits per heavy atom. The maximum absolute atomic E-state index is 12.5. The van der Waals surface area contributed by atoms with Gasteiger partial charge in [0.1, 0.15) is 23.7 Å². The average Bonchev–Trinajstić information content (AvgIpc) is 3.23. The van der Waals surface area contributed by atoms with Crippen LogP contribution in [0.1, 0.15) is 22.2 Å². The number of nitrogens with one attached hydrogen (secondary N) is 2. The first kappa shape index (κ1) is 20.4. The molecule has 8 nitrogen and oxygen atoms in total. The zero-order chi connectivity index (χ0) is 20.6. The number of carbonyl (C=O) groups excluding carboxylic acids is 1. The normalized spacial score (nSPS) is 10.5. The Kier molecular flexibility index (Phi) is 6.85. The molecule has 0 saturated heterocycles. The van der Waals surface area contributed by atoms with E-state index in [1.807, 2.05) is 24.4 Å². The topological polar surface area (TPSA) is 102 Å². The van der Waals surface area contributed by atoms with E-state index in [9.17, 15) is 14.4 Å². The van der Waals surface area contributed by atoms with E-state index >= 15 is 0 Å². The van der Waals surface area contributed by atoms with Gasteiger partial charge < -0.3 is 19.8 Å². The Hall–Kier alpha value is -3.33. The van der Waals surface area contributed by atoms with Gasteiger partial charge in [-0.25, -0.2) is 4.79 Å². The van der Waals surface area contributed by atoms with Gasteiger partial charge in [-0.1, -0.05) is 6.07 Å². The van der Waals surface area contributed by atoms with Gasteiger partial charge in [0.2, 0.25) is 0 Å². The van der Waals surface area contributed by atoms with Crippen molar-refractivity contribution in [3.63, 3.8) is 0 Å². The largest absolute Gasteiger partial charge is 0.494 e. The average molecular weight is 415 g/mol. The molecule has 0 aliphatic rings. The molecule has 0 bridgehead atoms. The van der Waals surface area contributed by atoms with Gasteiger partial charge in [-0.05, 0) is 42.6 Å². The Balaban J connectivity index is 1.56. The summed E-state index contributed by atoms with van der Waals surface area (Å²) in [7, 11) is 0. The standard InChI is InChI=1S/C20H21N3O5S/c1-2-27-14-5-7-15(8-6-14)28-10-9-21-18(24)17-12-22-20(26)23(19(17)25)13-16-4-3-11-29-16/h3-8,11-12H,2,9-10,13H2,1H3,(H,21,24)(H,22,26). The molecule has 3 rings (SSSR count). The smallest absolute Gasteiger partial charge is 0.328 e. The third kappa shape index (κ3) is 5.35. The monoisotopic (exact) mass is 415 g/mol. The minimum atomic E-state index is -0.632. The fraction of sp³-hybridized carbons (Fsp3) is 0.250. The van der Waals surface area contributed by atoms with Crippen molar-refractivity contribution in [2.24, 2.45) is 0 Å². The van der Waals surface area contributed by atoms with E-state index in [0.717, 1.165) is 21.4 Å². The second-order valence-corrected chi connectivity index (χ2v) is 7.02. The maximum Gasteiger partial charge on any atom is 0.328 e. The summed E-state index contributed by atoms with van der Waals surface area (Å²) in [6, 6.07) is 10.8. The fourth-order valence-corrected chi connectivity index (χ4v) is 3.30. The van der Waals surface area contributed by atoms with E-state index in [4.69, 9.17) is 9.47 Å². The quantitative estimate of drug-likeness (QED) is 0.520. The molecule has 0 saturated carbocycles. The highest BCUT2D eigenvalue weighted by molar-refractivity contribution is 7.09. The molecule has 1 aromatic carbocycles. The van der Waals surface area contributed by atoms with Gasteiger partial charge in [0.05, 0.1) is 19.7 Å². The molecule has 1 amide bonds. The van der Waals surface area contributed by atoms with Crippen molar-refractivity contribution in [1.82, 2.24) is 14.9 Å². The highest BCUT2D eigenvalue weighted by atomic mass is 32.1. The molecule has 2 aromatic heterocycles. The van der Waals surface area contributed by atoms with E-state index in [0.29, 0.717) is 12.4 Å². The van der Waals surface area contributed by atoms with Crippen LogP contribution in [0.2, 0.25) is 0 Å². The number of ether oxygens (including phenoxy) is 2. The summed E-state index contributed by atoms with van der Waals surface area (Å²) >= 11 is 1.43. The van der Waals surface area contributed by atoms with Gasteiger partial charge >= 0.3 is 5.69 Å².